The van der Waals surface area contributed by atoms with E-state index in [0.717, 1.165) is 5.02 Å². The van der Waals surface area contributed by atoms with Crippen LogP contribution < -0.4 is 0 Å². The van der Waals surface area contributed by atoms with E-state index in [1.807, 2.05) is 11.0 Å². The summed E-state index contributed by atoms with van der Waals surface area (Å²) in [5.74, 6) is 0.496. The van der Waals surface area contributed by atoms with Gasteiger partial charge in [-0.3, -0.25) is 9.78 Å². The van der Waals surface area contributed by atoms with Crippen molar-refractivity contribution in [3.05, 3.63) is 76.8 Å². The largest absolute Gasteiger partial charge is 0.338 e. The van der Waals surface area contributed by atoms with Gasteiger partial charge in [-0.1, -0.05) is 17.7 Å². The SMILES string of the molecule is N#CC1(Cc2ccc(Cl)cc2C2CC2)CCN(C(=O)c2cccnc2-c2ccncn2)CC1. The third-order valence-electron chi connectivity index (χ3n) is 6.76. The monoisotopic (exact) mass is 457 g/mol. The van der Waals surface area contributed by atoms with E-state index < -0.39 is 5.41 Å². The third kappa shape index (κ3) is 4.46. The van der Waals surface area contributed by atoms with Crippen molar-refractivity contribution < 1.29 is 4.79 Å². The molecule has 7 heteroatoms. The molecule has 1 aliphatic carbocycles. The number of hydrogen-bond donors (Lipinski definition) is 0. The van der Waals surface area contributed by atoms with E-state index in [2.05, 4.69) is 33.2 Å². The highest BCUT2D eigenvalue weighted by atomic mass is 35.5. The molecule has 2 fully saturated rings. The van der Waals surface area contributed by atoms with Gasteiger partial charge in [-0.05, 0) is 79.5 Å². The van der Waals surface area contributed by atoms with Gasteiger partial charge in [0.1, 0.15) is 12.0 Å². The summed E-state index contributed by atoms with van der Waals surface area (Å²) >= 11 is 6.25. The van der Waals surface area contributed by atoms with Crippen molar-refractivity contribution in [1.82, 2.24) is 19.9 Å². The number of benzene rings is 1. The second kappa shape index (κ2) is 8.92. The quantitative estimate of drug-likeness (QED) is 0.534. The van der Waals surface area contributed by atoms with Gasteiger partial charge >= 0.3 is 0 Å². The fourth-order valence-electron chi connectivity index (χ4n) is 4.71. The number of nitriles is 1. The van der Waals surface area contributed by atoms with E-state index in [-0.39, 0.29) is 5.91 Å². The van der Waals surface area contributed by atoms with E-state index >= 15 is 0 Å². The average Bonchev–Trinajstić information content (AvgIpc) is 3.71. The standard InChI is InChI=1S/C26H24ClN5O/c27-20-6-5-19(22(14-20)18-3-4-18)15-26(16-28)8-12-32(13-9-26)25(33)21-2-1-10-30-24(21)23-7-11-29-17-31-23/h1-2,5-7,10-11,14,17-18H,3-4,8-9,12-13,15H2. The Morgan fingerprint density at radius 2 is 1.97 bits per heavy atom. The average molecular weight is 458 g/mol. The third-order valence-corrected chi connectivity index (χ3v) is 7.00. The number of piperidine rings is 1. The van der Waals surface area contributed by atoms with Crippen LogP contribution in [0.1, 0.15) is 53.1 Å². The number of aromatic nitrogens is 3. The van der Waals surface area contributed by atoms with Gasteiger partial charge in [-0.25, -0.2) is 9.97 Å². The lowest BCUT2D eigenvalue weighted by Gasteiger charge is -2.38. The number of nitrogens with zero attached hydrogens (tertiary/aromatic N) is 5. The fourth-order valence-corrected chi connectivity index (χ4v) is 4.90. The Labute approximate surface area is 198 Å². The van der Waals surface area contributed by atoms with Crippen LogP contribution >= 0.6 is 11.6 Å². The summed E-state index contributed by atoms with van der Waals surface area (Å²) in [6, 6.07) is 14.0. The summed E-state index contributed by atoms with van der Waals surface area (Å²) in [4.78, 5) is 27.8. The van der Waals surface area contributed by atoms with E-state index in [1.54, 1.807) is 30.6 Å². The molecule has 1 saturated heterocycles. The minimum Gasteiger partial charge on any atom is -0.338 e. The molecular weight excluding hydrogens is 434 g/mol. The van der Waals surface area contributed by atoms with Crippen LogP contribution in [0.4, 0.5) is 0 Å². The first kappa shape index (κ1) is 21.5. The smallest absolute Gasteiger partial charge is 0.256 e. The number of pyridine rings is 1. The first-order valence-electron chi connectivity index (χ1n) is 11.3. The van der Waals surface area contributed by atoms with Crippen LogP contribution in [0.3, 0.4) is 0 Å². The molecule has 0 spiro atoms. The molecule has 0 N–H and O–H groups in total. The van der Waals surface area contributed by atoms with Crippen molar-refractivity contribution in [2.75, 3.05) is 13.1 Å². The molecule has 0 atom stereocenters. The Balaban J connectivity index is 1.33. The number of likely N-dealkylation sites (tertiary alicyclic amines) is 1. The van der Waals surface area contributed by atoms with Gasteiger partial charge in [0.05, 0.1) is 22.7 Å². The van der Waals surface area contributed by atoms with Crippen LogP contribution in [0.5, 0.6) is 0 Å². The van der Waals surface area contributed by atoms with Gasteiger partial charge in [0.25, 0.3) is 5.91 Å². The molecule has 166 valence electrons. The van der Waals surface area contributed by atoms with E-state index in [9.17, 15) is 10.1 Å². The predicted octanol–water partition coefficient (Wildman–Crippen LogP) is 5.06. The Morgan fingerprint density at radius 1 is 1.15 bits per heavy atom. The minimum atomic E-state index is -0.474. The van der Waals surface area contributed by atoms with Gasteiger partial charge in [0.2, 0.25) is 0 Å². The lowest BCUT2D eigenvalue weighted by atomic mass is 9.74. The molecule has 1 aromatic carbocycles. The topological polar surface area (TPSA) is 82.8 Å². The molecule has 1 amide bonds. The van der Waals surface area contributed by atoms with E-state index in [0.29, 0.717) is 55.2 Å². The normalized spacial score (nSPS) is 17.4. The number of carbonyl (C=O) groups is 1. The van der Waals surface area contributed by atoms with Crippen molar-refractivity contribution >= 4 is 17.5 Å². The molecular formula is C26H24ClN5O. The number of hydrogen-bond acceptors (Lipinski definition) is 5. The Hall–Kier alpha value is -3.30. The van der Waals surface area contributed by atoms with Crippen molar-refractivity contribution in [1.29, 1.82) is 5.26 Å². The molecule has 2 aromatic heterocycles. The number of carbonyl (C=O) groups excluding carboxylic acids is 1. The van der Waals surface area contributed by atoms with Gasteiger partial charge in [-0.2, -0.15) is 5.26 Å². The van der Waals surface area contributed by atoms with Crippen molar-refractivity contribution in [2.24, 2.45) is 5.41 Å². The lowest BCUT2D eigenvalue weighted by molar-refractivity contribution is 0.0647. The van der Waals surface area contributed by atoms with Crippen LogP contribution in [0.15, 0.2) is 55.1 Å². The van der Waals surface area contributed by atoms with Gasteiger partial charge < -0.3 is 4.90 Å². The van der Waals surface area contributed by atoms with Crippen LogP contribution in [0, 0.1) is 16.7 Å². The first-order chi connectivity index (χ1) is 16.1. The second-order valence-electron chi connectivity index (χ2n) is 8.97. The summed E-state index contributed by atoms with van der Waals surface area (Å²) in [5, 5.41) is 10.9. The maximum atomic E-state index is 13.4. The summed E-state index contributed by atoms with van der Waals surface area (Å²) in [6.07, 6.45) is 9.12. The number of rotatable bonds is 5. The summed E-state index contributed by atoms with van der Waals surface area (Å²) in [6.45, 7) is 1.08. The predicted molar refractivity (Wildman–Crippen MR) is 126 cm³/mol. The fraction of sp³-hybridized carbons (Fsp3) is 0.346. The highest BCUT2D eigenvalue weighted by Crippen LogP contribution is 2.45. The number of amides is 1. The Bertz CT molecular complexity index is 1210. The highest BCUT2D eigenvalue weighted by molar-refractivity contribution is 6.30. The summed E-state index contributed by atoms with van der Waals surface area (Å²) < 4.78 is 0. The zero-order valence-corrected chi connectivity index (χ0v) is 19.0. The molecule has 3 heterocycles. The van der Waals surface area contributed by atoms with Gasteiger partial charge in [-0.15, -0.1) is 0 Å². The highest BCUT2D eigenvalue weighted by Gasteiger charge is 2.38. The second-order valence-corrected chi connectivity index (χ2v) is 9.41. The van der Waals surface area contributed by atoms with Crippen LogP contribution in [0.25, 0.3) is 11.4 Å². The molecule has 33 heavy (non-hydrogen) atoms. The molecule has 0 bridgehead atoms. The summed E-state index contributed by atoms with van der Waals surface area (Å²) in [5.41, 5.74) is 3.74. The number of halogens is 1. The maximum absolute atomic E-state index is 13.4. The van der Waals surface area contributed by atoms with Crippen LogP contribution in [-0.4, -0.2) is 38.8 Å². The van der Waals surface area contributed by atoms with Crippen molar-refractivity contribution in [3.63, 3.8) is 0 Å². The van der Waals surface area contributed by atoms with E-state index in [4.69, 9.17) is 11.6 Å². The van der Waals surface area contributed by atoms with Crippen molar-refractivity contribution in [2.45, 2.75) is 38.0 Å². The van der Waals surface area contributed by atoms with Gasteiger partial charge in [0, 0.05) is 30.5 Å². The zero-order valence-electron chi connectivity index (χ0n) is 18.2. The minimum absolute atomic E-state index is 0.0755. The van der Waals surface area contributed by atoms with Crippen LogP contribution in [-0.2, 0) is 6.42 Å². The lowest BCUT2D eigenvalue weighted by Crippen LogP contribution is -2.43. The molecule has 3 aromatic rings. The van der Waals surface area contributed by atoms with E-state index in [1.165, 1.54) is 30.3 Å². The van der Waals surface area contributed by atoms with Crippen LogP contribution in [0.2, 0.25) is 5.02 Å². The molecule has 1 saturated carbocycles. The maximum Gasteiger partial charge on any atom is 0.256 e. The zero-order chi connectivity index (χ0) is 22.8. The molecule has 5 rings (SSSR count). The Kier molecular flexibility index (Phi) is 5.82. The molecule has 0 unspecified atom stereocenters. The molecule has 6 nitrogen and oxygen atoms in total. The molecule has 0 radical (unpaired) electrons. The molecule has 1 aliphatic heterocycles. The molecule has 2 aliphatic rings. The summed E-state index contributed by atoms with van der Waals surface area (Å²) in [7, 11) is 0. The van der Waals surface area contributed by atoms with Crippen molar-refractivity contribution in [3.8, 4) is 17.5 Å². The Morgan fingerprint density at radius 3 is 2.67 bits per heavy atom. The van der Waals surface area contributed by atoms with Gasteiger partial charge in [0.15, 0.2) is 0 Å². The first-order valence-corrected chi connectivity index (χ1v) is 11.7.